The van der Waals surface area contributed by atoms with Crippen molar-refractivity contribution in [1.29, 1.82) is 0 Å². The van der Waals surface area contributed by atoms with E-state index in [9.17, 15) is 0 Å². The summed E-state index contributed by atoms with van der Waals surface area (Å²) >= 11 is 0. The molecule has 21 heavy (non-hydrogen) atoms. The number of aromatic nitrogens is 3. The molecule has 0 radical (unpaired) electrons. The average molecular weight is 283 g/mol. The molecule has 2 aliphatic rings. The van der Waals surface area contributed by atoms with Gasteiger partial charge in [-0.15, -0.1) is 0 Å². The van der Waals surface area contributed by atoms with Gasteiger partial charge in [0.2, 0.25) is 0 Å². The highest BCUT2D eigenvalue weighted by Gasteiger charge is 2.26. The zero-order valence-corrected chi connectivity index (χ0v) is 12.2. The molecule has 1 saturated heterocycles. The number of hydrogen-bond acceptors (Lipinski definition) is 4. The highest BCUT2D eigenvalue weighted by molar-refractivity contribution is 5.63. The lowest BCUT2D eigenvalue weighted by Gasteiger charge is -2.26. The van der Waals surface area contributed by atoms with Gasteiger partial charge in [-0.1, -0.05) is 0 Å². The molecular weight excluding hydrogens is 262 g/mol. The van der Waals surface area contributed by atoms with Crippen LogP contribution in [0.3, 0.4) is 0 Å². The Morgan fingerprint density at radius 1 is 1.14 bits per heavy atom. The molecule has 2 aliphatic heterocycles. The quantitative estimate of drug-likeness (QED) is 0.877. The molecule has 0 bridgehead atoms. The Labute approximate surface area is 124 Å². The molecule has 2 aromatic heterocycles. The Bertz CT molecular complexity index is 613. The first kappa shape index (κ1) is 13.0. The molecule has 0 spiro atoms. The van der Waals surface area contributed by atoms with Crippen LogP contribution < -0.4 is 10.6 Å². The third-order valence-electron chi connectivity index (χ3n) is 4.55. The molecule has 0 atom stereocenters. The fraction of sp³-hybridized carbons (Fsp3) is 0.500. The van der Waals surface area contributed by atoms with Gasteiger partial charge < -0.3 is 10.6 Å². The molecule has 0 amide bonds. The summed E-state index contributed by atoms with van der Waals surface area (Å²) in [6, 6.07) is 4.64. The first-order valence-electron chi connectivity index (χ1n) is 7.85. The van der Waals surface area contributed by atoms with E-state index < -0.39 is 0 Å². The SMILES string of the molecule is c1cncc(-c2nn(C3CCNCC3)c3c2CNCC3)c1. The number of pyridine rings is 1. The molecule has 2 aromatic rings. The summed E-state index contributed by atoms with van der Waals surface area (Å²) in [5.41, 5.74) is 5.04. The second-order valence-electron chi connectivity index (χ2n) is 5.87. The van der Waals surface area contributed by atoms with E-state index in [0.717, 1.165) is 43.9 Å². The van der Waals surface area contributed by atoms with Crippen LogP contribution in [0.25, 0.3) is 11.3 Å². The van der Waals surface area contributed by atoms with Crippen molar-refractivity contribution < 1.29 is 0 Å². The highest BCUT2D eigenvalue weighted by Crippen LogP contribution is 2.31. The van der Waals surface area contributed by atoms with Gasteiger partial charge in [-0.2, -0.15) is 5.10 Å². The van der Waals surface area contributed by atoms with Crippen molar-refractivity contribution in [3.05, 3.63) is 35.8 Å². The minimum Gasteiger partial charge on any atom is -0.317 e. The van der Waals surface area contributed by atoms with E-state index in [1.54, 1.807) is 0 Å². The lowest BCUT2D eigenvalue weighted by atomic mass is 10.0. The van der Waals surface area contributed by atoms with E-state index in [0.29, 0.717) is 6.04 Å². The van der Waals surface area contributed by atoms with E-state index in [1.807, 2.05) is 18.5 Å². The second-order valence-corrected chi connectivity index (χ2v) is 5.87. The van der Waals surface area contributed by atoms with Crippen LogP contribution in [0.5, 0.6) is 0 Å². The zero-order valence-electron chi connectivity index (χ0n) is 12.2. The Morgan fingerprint density at radius 3 is 2.86 bits per heavy atom. The summed E-state index contributed by atoms with van der Waals surface area (Å²) in [5, 5.41) is 11.9. The van der Waals surface area contributed by atoms with Gasteiger partial charge in [-0.3, -0.25) is 9.67 Å². The summed E-state index contributed by atoms with van der Waals surface area (Å²) in [7, 11) is 0. The molecule has 0 saturated carbocycles. The van der Waals surface area contributed by atoms with Crippen LogP contribution in [-0.4, -0.2) is 34.4 Å². The summed E-state index contributed by atoms with van der Waals surface area (Å²) in [5.74, 6) is 0. The zero-order chi connectivity index (χ0) is 14.1. The van der Waals surface area contributed by atoms with Crippen LogP contribution >= 0.6 is 0 Å². The van der Waals surface area contributed by atoms with Crippen LogP contribution in [0.15, 0.2) is 24.5 Å². The molecular formula is C16H21N5. The minimum absolute atomic E-state index is 0.545. The standard InChI is InChI=1S/C16H21N5/c1-2-12(10-18-6-1)16-14-11-19-9-5-15(14)21(20-16)13-3-7-17-8-4-13/h1-2,6,10,13,17,19H,3-5,7-9,11H2. The largest absolute Gasteiger partial charge is 0.317 e. The van der Waals surface area contributed by atoms with Crippen molar-refractivity contribution in [3.8, 4) is 11.3 Å². The molecule has 0 aliphatic carbocycles. The molecule has 0 aromatic carbocycles. The van der Waals surface area contributed by atoms with E-state index in [1.165, 1.54) is 24.1 Å². The van der Waals surface area contributed by atoms with Crippen molar-refractivity contribution >= 4 is 0 Å². The van der Waals surface area contributed by atoms with Crippen molar-refractivity contribution in [2.75, 3.05) is 19.6 Å². The van der Waals surface area contributed by atoms with Crippen LogP contribution in [0.4, 0.5) is 0 Å². The van der Waals surface area contributed by atoms with Gasteiger partial charge in [-0.05, 0) is 38.1 Å². The van der Waals surface area contributed by atoms with Crippen LogP contribution in [0.1, 0.15) is 30.1 Å². The highest BCUT2D eigenvalue weighted by atomic mass is 15.3. The fourth-order valence-corrected chi connectivity index (χ4v) is 3.46. The Hall–Kier alpha value is -1.72. The van der Waals surface area contributed by atoms with Crippen LogP contribution in [-0.2, 0) is 13.0 Å². The smallest absolute Gasteiger partial charge is 0.0986 e. The molecule has 5 heteroatoms. The summed E-state index contributed by atoms with van der Waals surface area (Å²) in [4.78, 5) is 4.25. The Morgan fingerprint density at radius 2 is 2.05 bits per heavy atom. The molecule has 110 valence electrons. The number of hydrogen-bond donors (Lipinski definition) is 2. The van der Waals surface area contributed by atoms with Crippen LogP contribution in [0.2, 0.25) is 0 Å². The van der Waals surface area contributed by atoms with Crippen molar-refractivity contribution in [2.24, 2.45) is 0 Å². The number of piperidine rings is 1. The van der Waals surface area contributed by atoms with Gasteiger partial charge in [0.15, 0.2) is 0 Å². The van der Waals surface area contributed by atoms with E-state index in [4.69, 9.17) is 5.10 Å². The summed E-state index contributed by atoms with van der Waals surface area (Å²) in [6.45, 7) is 4.17. The van der Waals surface area contributed by atoms with Gasteiger partial charge in [0.1, 0.15) is 0 Å². The molecule has 2 N–H and O–H groups in total. The maximum atomic E-state index is 4.99. The summed E-state index contributed by atoms with van der Waals surface area (Å²) in [6.07, 6.45) is 7.16. The van der Waals surface area contributed by atoms with E-state index in [2.05, 4.69) is 26.4 Å². The lowest BCUT2D eigenvalue weighted by Crippen LogP contribution is -2.32. The van der Waals surface area contributed by atoms with Crippen molar-refractivity contribution in [1.82, 2.24) is 25.4 Å². The van der Waals surface area contributed by atoms with E-state index >= 15 is 0 Å². The minimum atomic E-state index is 0.545. The average Bonchev–Trinajstić information content (AvgIpc) is 2.96. The number of nitrogens with zero attached hydrogens (tertiary/aromatic N) is 3. The van der Waals surface area contributed by atoms with Crippen LogP contribution in [0, 0.1) is 0 Å². The van der Waals surface area contributed by atoms with E-state index in [-0.39, 0.29) is 0 Å². The third kappa shape index (κ3) is 2.36. The first-order valence-corrected chi connectivity index (χ1v) is 7.85. The van der Waals surface area contributed by atoms with Gasteiger partial charge in [0.05, 0.1) is 11.7 Å². The predicted octanol–water partition coefficient (Wildman–Crippen LogP) is 1.52. The normalized spacial score (nSPS) is 19.4. The lowest BCUT2D eigenvalue weighted by molar-refractivity contribution is 0.333. The number of fused-ring (bicyclic) bond motifs is 1. The molecule has 4 heterocycles. The molecule has 4 rings (SSSR count). The maximum absolute atomic E-state index is 4.99. The summed E-state index contributed by atoms with van der Waals surface area (Å²) < 4.78 is 2.32. The Kier molecular flexibility index (Phi) is 3.45. The van der Waals surface area contributed by atoms with Gasteiger partial charge >= 0.3 is 0 Å². The van der Waals surface area contributed by atoms with Gasteiger partial charge in [0.25, 0.3) is 0 Å². The monoisotopic (exact) mass is 283 g/mol. The fourth-order valence-electron chi connectivity index (χ4n) is 3.46. The Balaban J connectivity index is 1.79. The molecule has 0 unspecified atom stereocenters. The molecule has 1 fully saturated rings. The second kappa shape index (κ2) is 5.58. The maximum Gasteiger partial charge on any atom is 0.0986 e. The van der Waals surface area contributed by atoms with Crippen molar-refractivity contribution in [2.45, 2.75) is 31.8 Å². The van der Waals surface area contributed by atoms with Crippen molar-refractivity contribution in [3.63, 3.8) is 0 Å². The third-order valence-corrected chi connectivity index (χ3v) is 4.55. The van der Waals surface area contributed by atoms with Gasteiger partial charge in [0, 0.05) is 48.7 Å². The van der Waals surface area contributed by atoms with Gasteiger partial charge in [-0.25, -0.2) is 0 Å². The topological polar surface area (TPSA) is 54.8 Å². The first-order chi connectivity index (χ1) is 10.4. The predicted molar refractivity (Wildman–Crippen MR) is 82.0 cm³/mol. The number of nitrogens with one attached hydrogen (secondary N) is 2. The molecule has 5 nitrogen and oxygen atoms in total. The number of rotatable bonds is 2.